The van der Waals surface area contributed by atoms with E-state index < -0.39 is 10.9 Å². The highest BCUT2D eigenvalue weighted by molar-refractivity contribution is 5.86. The monoisotopic (exact) mass is 281 g/mol. The van der Waals surface area contributed by atoms with Crippen LogP contribution in [0.5, 0.6) is 11.5 Å². The Kier molecular flexibility index (Phi) is 5.52. The number of hydrogen-bond donors (Lipinski definition) is 1. The Bertz CT molecular complexity index is 538. The van der Waals surface area contributed by atoms with Crippen LogP contribution in [-0.2, 0) is 4.79 Å². The number of ether oxygens (including phenoxy) is 2. The van der Waals surface area contributed by atoms with Gasteiger partial charge in [0.1, 0.15) is 12.4 Å². The topological polar surface area (TPSA) is 98.9 Å². The maximum atomic E-state index is 10.8. The molecule has 0 bridgehead atoms. The van der Waals surface area contributed by atoms with Gasteiger partial charge in [0.05, 0.1) is 18.1 Å². The van der Waals surface area contributed by atoms with Gasteiger partial charge in [-0.15, -0.1) is 0 Å². The number of nitro groups is 1. The van der Waals surface area contributed by atoms with Crippen LogP contribution in [0.1, 0.15) is 13.3 Å². The number of nitrogens with zero attached hydrogens (tertiary/aromatic N) is 1. The summed E-state index contributed by atoms with van der Waals surface area (Å²) in [6.45, 7) is 1.75. The highest BCUT2D eigenvalue weighted by atomic mass is 16.6. The normalized spacial score (nSPS) is 11.0. The summed E-state index contributed by atoms with van der Waals surface area (Å²) >= 11 is 0. The Labute approximate surface area is 115 Å². The predicted molar refractivity (Wildman–Crippen MR) is 71.2 cm³/mol. The van der Waals surface area contributed by atoms with Gasteiger partial charge in [0, 0.05) is 5.57 Å². The molecule has 0 aliphatic carbocycles. The quantitative estimate of drug-likeness (QED) is 0.468. The van der Waals surface area contributed by atoms with E-state index in [9.17, 15) is 14.9 Å². The Morgan fingerprint density at radius 2 is 2.20 bits per heavy atom. The summed E-state index contributed by atoms with van der Waals surface area (Å²) in [5.74, 6) is -0.593. The first-order valence-corrected chi connectivity index (χ1v) is 5.87. The van der Waals surface area contributed by atoms with Crippen LogP contribution in [0.2, 0.25) is 0 Å². The predicted octanol–water partition coefficient (Wildman–Crippen LogP) is 2.40. The molecule has 0 heterocycles. The van der Waals surface area contributed by atoms with Crippen molar-refractivity contribution in [1.29, 1.82) is 0 Å². The Hall–Kier alpha value is -2.57. The molecule has 0 amide bonds. The maximum Gasteiger partial charge on any atom is 0.331 e. The first-order chi connectivity index (χ1) is 9.49. The number of benzene rings is 1. The zero-order valence-corrected chi connectivity index (χ0v) is 11.2. The van der Waals surface area contributed by atoms with Crippen LogP contribution in [0.25, 0.3) is 0 Å². The molecule has 20 heavy (non-hydrogen) atoms. The average molecular weight is 281 g/mol. The average Bonchev–Trinajstić information content (AvgIpc) is 2.42. The Balaban J connectivity index is 2.82. The molecule has 0 saturated carbocycles. The van der Waals surface area contributed by atoms with Crippen molar-refractivity contribution < 1.29 is 24.3 Å². The van der Waals surface area contributed by atoms with Gasteiger partial charge >= 0.3 is 11.7 Å². The molecule has 1 rings (SSSR count). The lowest BCUT2D eigenvalue weighted by Gasteiger charge is -2.06. The SMILES string of the molecule is CC/C(=C/COc1ccc(OC)c([N+](=O)[O-])c1)C(=O)O. The molecule has 0 radical (unpaired) electrons. The summed E-state index contributed by atoms with van der Waals surface area (Å²) < 4.78 is 10.1. The van der Waals surface area contributed by atoms with Crippen LogP contribution in [0.3, 0.4) is 0 Å². The third-order valence-electron chi connectivity index (χ3n) is 2.58. The molecule has 108 valence electrons. The molecule has 0 atom stereocenters. The van der Waals surface area contributed by atoms with Gasteiger partial charge in [-0.2, -0.15) is 0 Å². The van der Waals surface area contributed by atoms with Crippen LogP contribution >= 0.6 is 0 Å². The number of aliphatic carboxylic acids is 1. The second-order valence-corrected chi connectivity index (χ2v) is 3.79. The second kappa shape index (κ2) is 7.13. The number of nitro benzene ring substituents is 1. The Morgan fingerprint density at radius 1 is 1.50 bits per heavy atom. The number of carboxylic acids is 1. The number of carbonyl (C=O) groups is 1. The summed E-state index contributed by atoms with van der Waals surface area (Å²) in [6, 6.07) is 4.18. The lowest BCUT2D eigenvalue weighted by Crippen LogP contribution is -2.03. The fourth-order valence-electron chi connectivity index (χ4n) is 1.52. The van der Waals surface area contributed by atoms with Crippen molar-refractivity contribution >= 4 is 11.7 Å². The van der Waals surface area contributed by atoms with Crippen molar-refractivity contribution in [3.63, 3.8) is 0 Å². The number of hydrogen-bond acceptors (Lipinski definition) is 5. The van der Waals surface area contributed by atoms with Crippen LogP contribution in [-0.4, -0.2) is 29.7 Å². The minimum absolute atomic E-state index is 0.0267. The third kappa shape index (κ3) is 3.98. The van der Waals surface area contributed by atoms with E-state index in [0.29, 0.717) is 6.42 Å². The van der Waals surface area contributed by atoms with Crippen LogP contribution in [0.15, 0.2) is 29.8 Å². The van der Waals surface area contributed by atoms with Crippen molar-refractivity contribution in [2.75, 3.05) is 13.7 Å². The van der Waals surface area contributed by atoms with Crippen molar-refractivity contribution in [3.05, 3.63) is 40.0 Å². The van der Waals surface area contributed by atoms with E-state index >= 15 is 0 Å². The van der Waals surface area contributed by atoms with Gasteiger partial charge in [-0.05, 0) is 24.6 Å². The van der Waals surface area contributed by atoms with Gasteiger partial charge in [-0.25, -0.2) is 4.79 Å². The van der Waals surface area contributed by atoms with E-state index in [1.807, 2.05) is 0 Å². The number of carboxylic acid groups (broad SMARTS) is 1. The highest BCUT2D eigenvalue weighted by Gasteiger charge is 2.15. The van der Waals surface area contributed by atoms with Gasteiger partial charge in [0.15, 0.2) is 5.75 Å². The molecular weight excluding hydrogens is 266 g/mol. The van der Waals surface area contributed by atoms with Crippen molar-refractivity contribution in [1.82, 2.24) is 0 Å². The second-order valence-electron chi connectivity index (χ2n) is 3.79. The van der Waals surface area contributed by atoms with E-state index in [0.717, 1.165) is 0 Å². The first-order valence-electron chi connectivity index (χ1n) is 5.87. The van der Waals surface area contributed by atoms with E-state index in [1.54, 1.807) is 6.92 Å². The summed E-state index contributed by atoms with van der Waals surface area (Å²) in [5.41, 5.74) is 0.0240. The third-order valence-corrected chi connectivity index (χ3v) is 2.58. The van der Waals surface area contributed by atoms with Crippen LogP contribution in [0, 0.1) is 10.1 Å². The van der Waals surface area contributed by atoms with Crippen molar-refractivity contribution in [2.45, 2.75) is 13.3 Å². The van der Waals surface area contributed by atoms with Crippen molar-refractivity contribution in [2.24, 2.45) is 0 Å². The zero-order chi connectivity index (χ0) is 15.1. The van der Waals surface area contributed by atoms with E-state index in [2.05, 4.69) is 0 Å². The zero-order valence-electron chi connectivity index (χ0n) is 11.2. The minimum atomic E-state index is -1.00. The molecule has 0 aliphatic heterocycles. The molecule has 1 N–H and O–H groups in total. The molecular formula is C13H15NO6. The van der Waals surface area contributed by atoms with E-state index in [-0.39, 0.29) is 29.4 Å². The van der Waals surface area contributed by atoms with E-state index in [1.165, 1.54) is 31.4 Å². The summed E-state index contributed by atoms with van der Waals surface area (Å²) in [7, 11) is 1.34. The molecule has 1 aromatic carbocycles. The highest BCUT2D eigenvalue weighted by Crippen LogP contribution is 2.30. The number of rotatable bonds is 7. The molecule has 0 spiro atoms. The first kappa shape index (κ1) is 15.5. The standard InChI is InChI=1S/C13H15NO6/c1-3-9(13(15)16)6-7-20-10-4-5-12(19-2)11(8-10)14(17)18/h4-6,8H,3,7H2,1-2H3,(H,15,16)/b9-6-. The van der Waals surface area contributed by atoms with Crippen molar-refractivity contribution in [3.8, 4) is 11.5 Å². The molecule has 0 unspecified atom stereocenters. The van der Waals surface area contributed by atoms with Gasteiger partial charge < -0.3 is 14.6 Å². The summed E-state index contributed by atoms with van der Waals surface area (Å²) in [6.07, 6.45) is 1.81. The van der Waals surface area contributed by atoms with Gasteiger partial charge in [0.2, 0.25) is 0 Å². The smallest absolute Gasteiger partial charge is 0.331 e. The fourth-order valence-corrected chi connectivity index (χ4v) is 1.52. The summed E-state index contributed by atoms with van der Waals surface area (Å²) in [4.78, 5) is 21.0. The molecule has 7 heteroatoms. The van der Waals surface area contributed by atoms with Crippen LogP contribution < -0.4 is 9.47 Å². The van der Waals surface area contributed by atoms with Gasteiger partial charge in [0.25, 0.3) is 0 Å². The largest absolute Gasteiger partial charge is 0.490 e. The lowest BCUT2D eigenvalue weighted by molar-refractivity contribution is -0.385. The molecule has 0 aromatic heterocycles. The molecule has 1 aromatic rings. The Morgan fingerprint density at radius 3 is 2.70 bits per heavy atom. The molecule has 7 nitrogen and oxygen atoms in total. The minimum Gasteiger partial charge on any atom is -0.490 e. The lowest BCUT2D eigenvalue weighted by atomic mass is 10.2. The number of methoxy groups -OCH3 is 1. The molecule has 0 fully saturated rings. The van der Waals surface area contributed by atoms with E-state index in [4.69, 9.17) is 14.6 Å². The molecule has 0 saturated heterocycles. The van der Waals surface area contributed by atoms with Gasteiger partial charge in [-0.3, -0.25) is 10.1 Å². The van der Waals surface area contributed by atoms with Gasteiger partial charge in [-0.1, -0.05) is 6.92 Å². The summed E-state index contributed by atoms with van der Waals surface area (Å²) in [5, 5.41) is 19.7. The van der Waals surface area contributed by atoms with Crippen LogP contribution in [0.4, 0.5) is 5.69 Å². The fraction of sp³-hybridized carbons (Fsp3) is 0.308. The maximum absolute atomic E-state index is 10.8. The molecule has 0 aliphatic rings.